The number of hydrogen-bond donors (Lipinski definition) is 2. The highest BCUT2D eigenvalue weighted by Crippen LogP contribution is 2.36. The van der Waals surface area contributed by atoms with Gasteiger partial charge < -0.3 is 10.4 Å². The third kappa shape index (κ3) is 2.38. The van der Waals surface area contributed by atoms with E-state index in [1.807, 2.05) is 0 Å². The number of benzene rings is 1. The third-order valence-electron chi connectivity index (χ3n) is 3.23. The van der Waals surface area contributed by atoms with Crippen molar-refractivity contribution in [1.29, 1.82) is 0 Å². The number of halogens is 2. The van der Waals surface area contributed by atoms with Crippen LogP contribution >= 0.6 is 23.2 Å². The summed E-state index contributed by atoms with van der Waals surface area (Å²) in [5.74, 6) is 0.625. The fourth-order valence-electron chi connectivity index (χ4n) is 2.22. The minimum Gasteiger partial charge on any atom is -0.505 e. The molecule has 1 aliphatic rings. The predicted octanol–water partition coefficient (Wildman–Crippen LogP) is 4.30. The van der Waals surface area contributed by atoms with Gasteiger partial charge >= 0.3 is 0 Å². The Hall–Kier alpha value is -0.600. The molecule has 2 N–H and O–H groups in total. The van der Waals surface area contributed by atoms with Crippen molar-refractivity contribution >= 4 is 28.9 Å². The maximum Gasteiger partial charge on any atom is 0.152 e. The van der Waals surface area contributed by atoms with Gasteiger partial charge in [0.25, 0.3) is 0 Å². The zero-order chi connectivity index (χ0) is 11.7. The zero-order valence-corrected chi connectivity index (χ0v) is 10.6. The van der Waals surface area contributed by atoms with E-state index < -0.39 is 0 Å². The molecule has 0 amide bonds. The highest BCUT2D eigenvalue weighted by atomic mass is 35.5. The van der Waals surface area contributed by atoms with Crippen molar-refractivity contribution in [2.45, 2.75) is 32.2 Å². The molecule has 0 aliphatic heterocycles. The zero-order valence-electron chi connectivity index (χ0n) is 9.13. The van der Waals surface area contributed by atoms with Gasteiger partial charge in [0.15, 0.2) is 5.75 Å². The molecule has 2 atom stereocenters. The number of hydrogen-bond acceptors (Lipinski definition) is 2. The van der Waals surface area contributed by atoms with Gasteiger partial charge in [-0.3, -0.25) is 0 Å². The Morgan fingerprint density at radius 2 is 1.88 bits per heavy atom. The van der Waals surface area contributed by atoms with Gasteiger partial charge in [-0.25, -0.2) is 0 Å². The molecule has 88 valence electrons. The number of nitrogens with one attached hydrogen (secondary N) is 1. The lowest BCUT2D eigenvalue weighted by Gasteiger charge is -2.19. The molecule has 1 saturated carbocycles. The lowest BCUT2D eigenvalue weighted by atomic mass is 10.1. The van der Waals surface area contributed by atoms with Crippen LogP contribution in [-0.4, -0.2) is 11.1 Å². The molecule has 0 saturated heterocycles. The Bertz CT molecular complexity index is 372. The SMILES string of the molecule is CC1CCCC1Nc1cc(Cl)c(O)c(Cl)c1. The first-order chi connectivity index (χ1) is 7.58. The van der Waals surface area contributed by atoms with Crippen LogP contribution in [0.1, 0.15) is 26.2 Å². The van der Waals surface area contributed by atoms with Gasteiger partial charge in [-0.2, -0.15) is 0 Å². The molecule has 1 aromatic rings. The summed E-state index contributed by atoms with van der Waals surface area (Å²) in [6.45, 7) is 2.24. The summed E-state index contributed by atoms with van der Waals surface area (Å²) in [5, 5.41) is 13.5. The molecule has 16 heavy (non-hydrogen) atoms. The Morgan fingerprint density at radius 1 is 1.25 bits per heavy atom. The molecule has 0 bridgehead atoms. The maximum absolute atomic E-state index is 9.45. The number of anilines is 1. The van der Waals surface area contributed by atoms with Gasteiger partial charge in [0, 0.05) is 11.7 Å². The van der Waals surface area contributed by atoms with Crippen LogP contribution in [-0.2, 0) is 0 Å². The van der Waals surface area contributed by atoms with Gasteiger partial charge in [0.05, 0.1) is 10.0 Å². The van der Waals surface area contributed by atoms with Crippen LogP contribution < -0.4 is 5.32 Å². The van der Waals surface area contributed by atoms with Crippen molar-refractivity contribution in [3.05, 3.63) is 22.2 Å². The van der Waals surface area contributed by atoms with Gasteiger partial charge in [-0.1, -0.05) is 36.5 Å². The highest BCUT2D eigenvalue weighted by molar-refractivity contribution is 6.37. The lowest BCUT2D eigenvalue weighted by molar-refractivity contribution is 0.476. The van der Waals surface area contributed by atoms with Crippen molar-refractivity contribution in [3.8, 4) is 5.75 Å². The maximum atomic E-state index is 9.45. The van der Waals surface area contributed by atoms with E-state index in [9.17, 15) is 5.11 Å². The van der Waals surface area contributed by atoms with Crippen LogP contribution in [0.15, 0.2) is 12.1 Å². The van der Waals surface area contributed by atoms with Crippen LogP contribution in [0.5, 0.6) is 5.75 Å². The molecule has 1 fully saturated rings. The van der Waals surface area contributed by atoms with E-state index in [1.165, 1.54) is 19.3 Å². The van der Waals surface area contributed by atoms with E-state index in [1.54, 1.807) is 12.1 Å². The standard InChI is InChI=1S/C12H15Cl2NO/c1-7-3-2-4-11(7)15-8-5-9(13)12(16)10(14)6-8/h5-7,11,15-16H,2-4H2,1H3. The molecule has 2 nitrogen and oxygen atoms in total. The lowest BCUT2D eigenvalue weighted by Crippen LogP contribution is -2.21. The third-order valence-corrected chi connectivity index (χ3v) is 3.81. The van der Waals surface area contributed by atoms with Crippen LogP contribution in [0.3, 0.4) is 0 Å². The minimum atomic E-state index is -0.0478. The Kier molecular flexibility index (Phi) is 3.50. The Balaban J connectivity index is 2.15. The molecule has 1 aliphatic carbocycles. The van der Waals surface area contributed by atoms with E-state index in [4.69, 9.17) is 23.2 Å². The minimum absolute atomic E-state index is 0.0478. The van der Waals surface area contributed by atoms with Crippen LogP contribution in [0.2, 0.25) is 10.0 Å². The summed E-state index contributed by atoms with van der Waals surface area (Å²) in [5.41, 5.74) is 0.881. The second-order valence-electron chi connectivity index (χ2n) is 4.45. The summed E-state index contributed by atoms with van der Waals surface area (Å²) < 4.78 is 0. The van der Waals surface area contributed by atoms with Gasteiger partial charge in [-0.15, -0.1) is 0 Å². The van der Waals surface area contributed by atoms with Crippen LogP contribution in [0.4, 0.5) is 5.69 Å². The molecule has 0 heterocycles. The van der Waals surface area contributed by atoms with E-state index in [0.717, 1.165) is 5.69 Å². The first kappa shape index (κ1) is 11.9. The van der Waals surface area contributed by atoms with E-state index in [-0.39, 0.29) is 5.75 Å². The molecular formula is C12H15Cl2NO. The largest absolute Gasteiger partial charge is 0.505 e. The Morgan fingerprint density at radius 3 is 2.38 bits per heavy atom. The molecule has 0 radical (unpaired) electrons. The molecule has 4 heteroatoms. The molecule has 2 unspecified atom stereocenters. The van der Waals surface area contributed by atoms with Crippen molar-refractivity contribution in [2.75, 3.05) is 5.32 Å². The van der Waals surface area contributed by atoms with E-state index in [0.29, 0.717) is 22.0 Å². The smallest absolute Gasteiger partial charge is 0.152 e. The fraction of sp³-hybridized carbons (Fsp3) is 0.500. The summed E-state index contributed by atoms with van der Waals surface area (Å²) in [6.07, 6.45) is 3.70. The number of phenols is 1. The average Bonchev–Trinajstić information content (AvgIpc) is 2.61. The van der Waals surface area contributed by atoms with Gasteiger partial charge in [-0.05, 0) is 30.9 Å². The van der Waals surface area contributed by atoms with Gasteiger partial charge in [0.2, 0.25) is 0 Å². The molecular weight excluding hydrogens is 245 g/mol. The molecule has 0 spiro atoms. The fourth-order valence-corrected chi connectivity index (χ4v) is 2.71. The quantitative estimate of drug-likeness (QED) is 0.777. The first-order valence-electron chi connectivity index (χ1n) is 5.52. The summed E-state index contributed by atoms with van der Waals surface area (Å²) in [7, 11) is 0. The topological polar surface area (TPSA) is 32.3 Å². The average molecular weight is 260 g/mol. The van der Waals surface area contributed by atoms with Gasteiger partial charge in [0.1, 0.15) is 0 Å². The monoisotopic (exact) mass is 259 g/mol. The molecule has 0 aromatic heterocycles. The summed E-state index contributed by atoms with van der Waals surface area (Å²) in [6, 6.07) is 3.92. The van der Waals surface area contributed by atoms with Crippen molar-refractivity contribution in [2.24, 2.45) is 5.92 Å². The summed E-state index contributed by atoms with van der Waals surface area (Å²) in [4.78, 5) is 0. The molecule has 1 aromatic carbocycles. The second kappa shape index (κ2) is 4.72. The summed E-state index contributed by atoms with van der Waals surface area (Å²) >= 11 is 11.7. The van der Waals surface area contributed by atoms with Crippen molar-refractivity contribution < 1.29 is 5.11 Å². The number of aromatic hydroxyl groups is 1. The van der Waals surface area contributed by atoms with E-state index >= 15 is 0 Å². The van der Waals surface area contributed by atoms with Crippen LogP contribution in [0.25, 0.3) is 0 Å². The molecule has 2 rings (SSSR count). The van der Waals surface area contributed by atoms with Crippen molar-refractivity contribution in [1.82, 2.24) is 0 Å². The number of rotatable bonds is 2. The Labute approximate surface area is 106 Å². The van der Waals surface area contributed by atoms with Crippen LogP contribution in [0, 0.1) is 5.92 Å². The first-order valence-corrected chi connectivity index (χ1v) is 6.28. The van der Waals surface area contributed by atoms with Crippen molar-refractivity contribution in [3.63, 3.8) is 0 Å². The highest BCUT2D eigenvalue weighted by Gasteiger charge is 2.23. The normalized spacial score (nSPS) is 24.7. The second-order valence-corrected chi connectivity index (χ2v) is 5.26. The predicted molar refractivity (Wildman–Crippen MR) is 68.6 cm³/mol. The van der Waals surface area contributed by atoms with E-state index in [2.05, 4.69) is 12.2 Å². The number of phenolic OH excluding ortho intramolecular Hbond substituents is 1.